The molecule has 0 radical (unpaired) electrons. The zero-order valence-corrected chi connectivity index (χ0v) is 16.8. The molecule has 0 spiro atoms. The third kappa shape index (κ3) is 7.54. The zero-order valence-electron chi connectivity index (χ0n) is 16.8. The maximum Gasteiger partial charge on any atom is 0.410 e. The molecule has 2 amide bonds. The fraction of sp³-hybridized carbons (Fsp3) is 0.895. The molecule has 0 atom stereocenters. The summed E-state index contributed by atoms with van der Waals surface area (Å²) in [6, 6.07) is 0. The molecule has 1 saturated heterocycles. The lowest BCUT2D eigenvalue weighted by atomic mass is 9.81. The van der Waals surface area contributed by atoms with Crippen LogP contribution in [-0.4, -0.2) is 41.1 Å². The minimum absolute atomic E-state index is 0.0251. The Morgan fingerprint density at radius 3 is 1.92 bits per heavy atom. The average Bonchev–Trinajstić information content (AvgIpc) is 2.33. The number of hydrogen-bond donors (Lipinski definition) is 1. The van der Waals surface area contributed by atoms with E-state index in [1.165, 1.54) is 0 Å². The molecule has 1 rings (SSSR count). The van der Waals surface area contributed by atoms with Crippen molar-refractivity contribution in [1.82, 2.24) is 10.2 Å². The van der Waals surface area contributed by atoms with E-state index < -0.39 is 5.60 Å². The van der Waals surface area contributed by atoms with Crippen molar-refractivity contribution in [2.75, 3.05) is 13.1 Å². The van der Waals surface area contributed by atoms with Crippen LogP contribution in [0.5, 0.6) is 0 Å². The van der Waals surface area contributed by atoms with Crippen LogP contribution in [-0.2, 0) is 9.53 Å². The number of carbonyl (C=O) groups excluding carboxylic acids is 2. The van der Waals surface area contributed by atoms with Gasteiger partial charge in [0.25, 0.3) is 0 Å². The molecule has 0 unspecified atom stereocenters. The van der Waals surface area contributed by atoms with Crippen molar-refractivity contribution in [2.24, 2.45) is 11.3 Å². The van der Waals surface area contributed by atoms with Gasteiger partial charge in [-0.15, -0.1) is 0 Å². The van der Waals surface area contributed by atoms with Gasteiger partial charge in [-0.2, -0.15) is 0 Å². The van der Waals surface area contributed by atoms with E-state index in [-0.39, 0.29) is 28.9 Å². The van der Waals surface area contributed by atoms with Gasteiger partial charge in [-0.05, 0) is 59.3 Å². The van der Waals surface area contributed by atoms with Gasteiger partial charge in [0.2, 0.25) is 5.91 Å². The molecule has 140 valence electrons. The highest BCUT2D eigenvalue weighted by atomic mass is 16.6. The number of likely N-dealkylation sites (tertiary alicyclic amines) is 1. The third-order valence-corrected chi connectivity index (χ3v) is 3.95. The molecule has 1 aliphatic heterocycles. The zero-order chi connectivity index (χ0) is 18.8. The highest BCUT2D eigenvalue weighted by Gasteiger charge is 2.33. The van der Waals surface area contributed by atoms with Crippen molar-refractivity contribution < 1.29 is 14.3 Å². The molecule has 5 nitrogen and oxygen atoms in total. The van der Waals surface area contributed by atoms with E-state index in [4.69, 9.17) is 4.74 Å². The average molecular weight is 341 g/mol. The summed E-state index contributed by atoms with van der Waals surface area (Å²) in [7, 11) is 0. The van der Waals surface area contributed by atoms with E-state index in [1.54, 1.807) is 4.90 Å². The van der Waals surface area contributed by atoms with Crippen LogP contribution < -0.4 is 5.32 Å². The molecule has 1 N–H and O–H groups in total. The Hall–Kier alpha value is -1.26. The van der Waals surface area contributed by atoms with E-state index in [0.717, 1.165) is 6.42 Å². The van der Waals surface area contributed by atoms with Crippen LogP contribution in [0.15, 0.2) is 0 Å². The first kappa shape index (κ1) is 20.8. The maximum absolute atomic E-state index is 12.6. The molecule has 0 aromatic carbocycles. The summed E-state index contributed by atoms with van der Waals surface area (Å²) in [5.41, 5.74) is -0.545. The van der Waals surface area contributed by atoms with Gasteiger partial charge in [0.15, 0.2) is 0 Å². The number of hydrogen-bond acceptors (Lipinski definition) is 3. The molecule has 5 heteroatoms. The monoisotopic (exact) mass is 340 g/mol. The summed E-state index contributed by atoms with van der Waals surface area (Å²) in [5, 5.41) is 3.19. The number of rotatable bonds is 3. The Bertz CT molecular complexity index is 450. The first-order valence-electron chi connectivity index (χ1n) is 8.98. The lowest BCUT2D eigenvalue weighted by Gasteiger charge is -2.37. The molecule has 1 heterocycles. The van der Waals surface area contributed by atoms with Gasteiger partial charge >= 0.3 is 6.09 Å². The summed E-state index contributed by atoms with van der Waals surface area (Å²) >= 11 is 0. The fourth-order valence-corrected chi connectivity index (χ4v) is 3.46. The van der Waals surface area contributed by atoms with E-state index in [9.17, 15) is 9.59 Å². The van der Waals surface area contributed by atoms with Gasteiger partial charge in [0.1, 0.15) is 5.60 Å². The summed E-state index contributed by atoms with van der Waals surface area (Å²) in [6.45, 7) is 17.4. The van der Waals surface area contributed by atoms with Gasteiger partial charge < -0.3 is 15.0 Å². The summed E-state index contributed by atoms with van der Waals surface area (Å²) in [5.74, 6) is 0.0796. The van der Waals surface area contributed by atoms with E-state index in [2.05, 4.69) is 39.9 Å². The third-order valence-electron chi connectivity index (χ3n) is 3.95. The van der Waals surface area contributed by atoms with Crippen LogP contribution in [0.1, 0.15) is 74.7 Å². The second kappa shape index (κ2) is 7.32. The number of carbonyl (C=O) groups is 2. The number of ether oxygens (including phenoxy) is 1. The second-order valence-electron chi connectivity index (χ2n) is 9.85. The van der Waals surface area contributed by atoms with Crippen molar-refractivity contribution in [3.05, 3.63) is 0 Å². The molecule has 0 aromatic rings. The van der Waals surface area contributed by atoms with Crippen LogP contribution >= 0.6 is 0 Å². The van der Waals surface area contributed by atoms with Gasteiger partial charge in [-0.25, -0.2) is 4.79 Å². The molecule has 1 aliphatic rings. The lowest BCUT2D eigenvalue weighted by Crippen LogP contribution is -2.50. The van der Waals surface area contributed by atoms with Gasteiger partial charge in [-0.3, -0.25) is 4.79 Å². The SMILES string of the molecule is CC(C)(C)CC(C)(C)NC(=O)C1CCN(C(=O)OC(C)(C)C)CC1. The first-order chi connectivity index (χ1) is 10.7. The molecule has 1 fully saturated rings. The molecule has 0 aromatic heterocycles. The Kier molecular flexibility index (Phi) is 6.34. The Balaban J connectivity index is 2.50. The minimum Gasteiger partial charge on any atom is -0.444 e. The van der Waals surface area contributed by atoms with Crippen LogP contribution in [0.4, 0.5) is 4.79 Å². The first-order valence-corrected chi connectivity index (χ1v) is 8.98. The van der Waals surface area contributed by atoms with Crippen molar-refractivity contribution in [3.8, 4) is 0 Å². The molecule has 0 bridgehead atoms. The minimum atomic E-state index is -0.484. The maximum atomic E-state index is 12.6. The predicted molar refractivity (Wildman–Crippen MR) is 96.8 cm³/mol. The molecular weight excluding hydrogens is 304 g/mol. The normalized spacial score (nSPS) is 17.6. The van der Waals surface area contributed by atoms with Crippen molar-refractivity contribution in [1.29, 1.82) is 0 Å². The summed E-state index contributed by atoms with van der Waals surface area (Å²) in [4.78, 5) is 26.3. The number of nitrogens with one attached hydrogen (secondary N) is 1. The highest BCUT2D eigenvalue weighted by molar-refractivity contribution is 5.80. The van der Waals surface area contributed by atoms with E-state index in [0.29, 0.717) is 25.9 Å². The summed E-state index contributed by atoms with van der Waals surface area (Å²) in [6.07, 6.45) is 2.02. The van der Waals surface area contributed by atoms with Gasteiger partial charge in [0.05, 0.1) is 0 Å². The number of amides is 2. The second-order valence-corrected chi connectivity index (χ2v) is 9.85. The lowest BCUT2D eigenvalue weighted by molar-refractivity contribution is -0.128. The summed E-state index contributed by atoms with van der Waals surface area (Å²) < 4.78 is 5.39. The van der Waals surface area contributed by atoms with E-state index >= 15 is 0 Å². The number of piperidine rings is 1. The van der Waals surface area contributed by atoms with Crippen molar-refractivity contribution >= 4 is 12.0 Å². The van der Waals surface area contributed by atoms with Gasteiger partial charge in [-0.1, -0.05) is 20.8 Å². The standard InChI is InChI=1S/C19H36N2O3/c1-17(2,3)13-19(7,8)20-15(22)14-9-11-21(12-10-14)16(23)24-18(4,5)6/h14H,9-13H2,1-8H3,(H,20,22). The quantitative estimate of drug-likeness (QED) is 0.846. The van der Waals surface area contributed by atoms with Crippen LogP contribution in [0.25, 0.3) is 0 Å². The Morgan fingerprint density at radius 2 is 1.50 bits per heavy atom. The predicted octanol–water partition coefficient (Wildman–Crippen LogP) is 3.96. The van der Waals surface area contributed by atoms with Crippen LogP contribution in [0, 0.1) is 11.3 Å². The van der Waals surface area contributed by atoms with Crippen molar-refractivity contribution in [3.63, 3.8) is 0 Å². The fourth-order valence-electron chi connectivity index (χ4n) is 3.46. The van der Waals surface area contributed by atoms with Crippen LogP contribution in [0.3, 0.4) is 0 Å². The molecular formula is C19H36N2O3. The van der Waals surface area contributed by atoms with E-state index in [1.807, 2.05) is 20.8 Å². The number of nitrogens with zero attached hydrogens (tertiary/aromatic N) is 1. The Labute approximate surface area is 147 Å². The Morgan fingerprint density at radius 1 is 1.00 bits per heavy atom. The van der Waals surface area contributed by atoms with Crippen molar-refractivity contribution in [2.45, 2.75) is 85.8 Å². The topological polar surface area (TPSA) is 58.6 Å². The van der Waals surface area contributed by atoms with Gasteiger partial charge in [0, 0.05) is 24.5 Å². The van der Waals surface area contributed by atoms with Crippen LogP contribution in [0.2, 0.25) is 0 Å². The highest BCUT2D eigenvalue weighted by Crippen LogP contribution is 2.28. The molecule has 0 aliphatic carbocycles. The smallest absolute Gasteiger partial charge is 0.410 e. The molecule has 24 heavy (non-hydrogen) atoms. The molecule has 0 saturated carbocycles. The largest absolute Gasteiger partial charge is 0.444 e.